The number of hydrogen-bond acceptors (Lipinski definition) is 7. The summed E-state index contributed by atoms with van der Waals surface area (Å²) in [6, 6.07) is 8.57. The van der Waals surface area contributed by atoms with Crippen LogP contribution in [-0.4, -0.2) is 73.4 Å². The second-order valence-corrected chi connectivity index (χ2v) is 8.32. The van der Waals surface area contributed by atoms with Crippen LogP contribution in [-0.2, 0) is 10.1 Å². The second kappa shape index (κ2) is 11.1. The lowest BCUT2D eigenvalue weighted by molar-refractivity contribution is 0.208. The number of hydrogen-bond donors (Lipinski definition) is 1. The maximum Gasteiger partial charge on any atom is 0.261 e. The Morgan fingerprint density at radius 3 is 1.90 bits per heavy atom. The van der Waals surface area contributed by atoms with E-state index in [-0.39, 0.29) is 7.43 Å². The summed E-state index contributed by atoms with van der Waals surface area (Å²) >= 11 is 0. The molecule has 1 saturated heterocycles. The molecule has 0 amide bonds. The molecule has 1 N–H and O–H groups in total. The molecule has 0 aliphatic carbocycles. The first-order chi connectivity index (χ1) is 13.2. The first kappa shape index (κ1) is 24.8. The van der Waals surface area contributed by atoms with Crippen molar-refractivity contribution in [3.05, 3.63) is 36.7 Å². The topological polar surface area (TPSA) is 95.9 Å². The van der Waals surface area contributed by atoms with Gasteiger partial charge in [-0.2, -0.15) is 8.42 Å². The van der Waals surface area contributed by atoms with E-state index in [1.807, 2.05) is 36.7 Å². The van der Waals surface area contributed by atoms with Crippen molar-refractivity contribution in [2.45, 2.75) is 27.3 Å². The van der Waals surface area contributed by atoms with Crippen molar-refractivity contribution in [2.24, 2.45) is 0 Å². The Morgan fingerprint density at radius 2 is 1.48 bits per heavy atom. The van der Waals surface area contributed by atoms with Gasteiger partial charge in [0.05, 0.1) is 13.4 Å². The van der Waals surface area contributed by atoms with Gasteiger partial charge < -0.3 is 9.64 Å². The Balaban J connectivity index is 0.000000628. The molecule has 0 saturated carbocycles. The molecule has 2 aromatic rings. The predicted molar refractivity (Wildman–Crippen MR) is 117 cm³/mol. The third-order valence-corrected chi connectivity index (χ3v) is 4.39. The maximum atomic E-state index is 9.19. The van der Waals surface area contributed by atoms with Gasteiger partial charge in [0.2, 0.25) is 5.95 Å². The summed E-state index contributed by atoms with van der Waals surface area (Å²) in [6.07, 6.45) is 4.52. The van der Waals surface area contributed by atoms with Gasteiger partial charge in [-0.05, 0) is 31.5 Å². The Bertz CT molecular complexity index is 824. The van der Waals surface area contributed by atoms with Crippen molar-refractivity contribution in [3.8, 4) is 16.9 Å². The molecule has 0 bridgehead atoms. The fraction of sp³-hybridized carbons (Fsp3) is 0.500. The summed E-state index contributed by atoms with van der Waals surface area (Å²) in [6.45, 7) is 8.61. The summed E-state index contributed by atoms with van der Waals surface area (Å²) < 4.78 is 31.1. The number of ether oxygens (including phenoxy) is 1. The Morgan fingerprint density at radius 1 is 1.00 bits per heavy atom. The van der Waals surface area contributed by atoms with Crippen LogP contribution in [0.5, 0.6) is 5.75 Å². The Kier molecular flexibility index (Phi) is 9.48. The molecule has 0 atom stereocenters. The highest BCUT2D eigenvalue weighted by molar-refractivity contribution is 7.85. The van der Waals surface area contributed by atoms with Crippen molar-refractivity contribution in [3.63, 3.8) is 0 Å². The van der Waals surface area contributed by atoms with Gasteiger partial charge >= 0.3 is 0 Å². The van der Waals surface area contributed by atoms with Crippen LogP contribution in [0.25, 0.3) is 11.1 Å². The highest BCUT2D eigenvalue weighted by Crippen LogP contribution is 2.22. The standard InChI is InChI=1S/C18H24N4O.CH4O3S.CH4/c1-14(2)21-8-10-22(11-9-21)18-19-12-16(13-20-18)15-4-6-17(23-3)7-5-15;1-5(2,3)4;/h4-7,12-14H,8-11H2,1-3H3;1H3,(H,2,3,4);1H4. The van der Waals surface area contributed by atoms with Crippen molar-refractivity contribution in [2.75, 3.05) is 44.4 Å². The van der Waals surface area contributed by atoms with E-state index in [1.165, 1.54) is 0 Å². The summed E-state index contributed by atoms with van der Waals surface area (Å²) in [5.41, 5.74) is 2.12. The molecule has 9 heteroatoms. The van der Waals surface area contributed by atoms with Crippen LogP contribution in [0.15, 0.2) is 36.7 Å². The van der Waals surface area contributed by atoms with Crippen LogP contribution >= 0.6 is 0 Å². The first-order valence-corrected chi connectivity index (χ1v) is 10.9. The van der Waals surface area contributed by atoms with Gasteiger partial charge in [0.25, 0.3) is 10.1 Å². The zero-order valence-electron chi connectivity index (χ0n) is 16.7. The highest BCUT2D eigenvalue weighted by Gasteiger charge is 2.20. The molecule has 1 aliphatic rings. The van der Waals surface area contributed by atoms with Crippen LogP contribution in [0, 0.1) is 0 Å². The van der Waals surface area contributed by atoms with Crippen LogP contribution in [0.3, 0.4) is 0 Å². The van der Waals surface area contributed by atoms with Crippen LogP contribution in [0.1, 0.15) is 21.3 Å². The maximum absolute atomic E-state index is 9.19. The SMILES string of the molecule is C.COc1ccc(-c2cnc(N3CCN(C(C)C)CC3)nc2)cc1.CS(=O)(=O)O. The molecule has 8 nitrogen and oxygen atoms in total. The number of benzene rings is 1. The molecule has 162 valence electrons. The first-order valence-electron chi connectivity index (χ1n) is 9.05. The van der Waals surface area contributed by atoms with E-state index < -0.39 is 10.1 Å². The largest absolute Gasteiger partial charge is 0.497 e. The van der Waals surface area contributed by atoms with Gasteiger partial charge in [-0.1, -0.05) is 19.6 Å². The minimum atomic E-state index is -3.67. The van der Waals surface area contributed by atoms with Gasteiger partial charge in [0.15, 0.2) is 0 Å². The van der Waals surface area contributed by atoms with Crippen LogP contribution in [0.4, 0.5) is 5.95 Å². The summed E-state index contributed by atoms with van der Waals surface area (Å²) in [5.74, 6) is 1.68. The smallest absolute Gasteiger partial charge is 0.261 e. The van der Waals surface area contributed by atoms with Crippen LogP contribution in [0.2, 0.25) is 0 Å². The molecular formula is C20H32N4O4S. The zero-order valence-corrected chi connectivity index (χ0v) is 17.6. The summed E-state index contributed by atoms with van der Waals surface area (Å²) in [5, 5.41) is 0. The van der Waals surface area contributed by atoms with Gasteiger partial charge in [-0.3, -0.25) is 9.45 Å². The van der Waals surface area contributed by atoms with Crippen molar-refractivity contribution in [1.82, 2.24) is 14.9 Å². The van der Waals surface area contributed by atoms with Crippen molar-refractivity contribution >= 4 is 16.1 Å². The number of anilines is 1. The van der Waals surface area contributed by atoms with Gasteiger partial charge in [-0.25, -0.2) is 9.97 Å². The summed E-state index contributed by atoms with van der Waals surface area (Å²) in [7, 11) is -1.99. The molecule has 0 spiro atoms. The minimum absolute atomic E-state index is 0. The molecule has 2 heterocycles. The summed E-state index contributed by atoms with van der Waals surface area (Å²) in [4.78, 5) is 13.9. The lowest BCUT2D eigenvalue weighted by atomic mass is 10.1. The van der Waals surface area contributed by atoms with Gasteiger partial charge in [0.1, 0.15) is 5.75 Å². The van der Waals surface area contributed by atoms with E-state index in [4.69, 9.17) is 9.29 Å². The molecule has 0 radical (unpaired) electrons. The molecule has 1 aromatic carbocycles. The molecule has 1 aliphatic heterocycles. The normalized spacial score (nSPS) is 14.6. The molecule has 29 heavy (non-hydrogen) atoms. The Labute approximate surface area is 174 Å². The second-order valence-electron chi connectivity index (χ2n) is 6.85. The fourth-order valence-electron chi connectivity index (χ4n) is 2.86. The van der Waals surface area contributed by atoms with Crippen molar-refractivity contribution < 1.29 is 17.7 Å². The monoisotopic (exact) mass is 424 g/mol. The number of nitrogens with zero attached hydrogens (tertiary/aromatic N) is 4. The molecule has 3 rings (SSSR count). The predicted octanol–water partition coefficient (Wildman–Crippen LogP) is 2.82. The van der Waals surface area contributed by atoms with E-state index in [0.717, 1.165) is 49.0 Å². The average Bonchev–Trinajstić information content (AvgIpc) is 2.67. The van der Waals surface area contributed by atoms with Gasteiger partial charge in [0, 0.05) is 50.2 Å². The lowest BCUT2D eigenvalue weighted by Crippen LogP contribution is -2.49. The van der Waals surface area contributed by atoms with E-state index in [2.05, 4.69) is 33.6 Å². The van der Waals surface area contributed by atoms with Crippen molar-refractivity contribution in [1.29, 1.82) is 0 Å². The average molecular weight is 425 g/mol. The number of rotatable bonds is 4. The molecule has 1 fully saturated rings. The third kappa shape index (κ3) is 8.35. The van der Waals surface area contributed by atoms with E-state index in [0.29, 0.717) is 12.3 Å². The third-order valence-electron chi connectivity index (χ3n) is 4.39. The molecule has 0 unspecified atom stereocenters. The van der Waals surface area contributed by atoms with E-state index in [9.17, 15) is 8.42 Å². The number of methoxy groups -OCH3 is 1. The van der Waals surface area contributed by atoms with E-state index in [1.54, 1.807) is 7.11 Å². The van der Waals surface area contributed by atoms with Gasteiger partial charge in [-0.15, -0.1) is 0 Å². The fourth-order valence-corrected chi connectivity index (χ4v) is 2.86. The zero-order chi connectivity index (χ0) is 20.7. The van der Waals surface area contributed by atoms with E-state index >= 15 is 0 Å². The highest BCUT2D eigenvalue weighted by atomic mass is 32.2. The molecule has 1 aromatic heterocycles. The quantitative estimate of drug-likeness (QED) is 0.749. The van der Waals surface area contributed by atoms with Crippen LogP contribution < -0.4 is 9.64 Å². The molecular weight excluding hydrogens is 392 g/mol. The number of aromatic nitrogens is 2. The minimum Gasteiger partial charge on any atom is -0.497 e. The Hall–Kier alpha value is -2.23. The lowest BCUT2D eigenvalue weighted by Gasteiger charge is -2.36. The number of piperazine rings is 1.